The lowest BCUT2D eigenvalue weighted by atomic mass is 9.96. The van der Waals surface area contributed by atoms with E-state index in [9.17, 15) is 9.59 Å². The van der Waals surface area contributed by atoms with Gasteiger partial charge in [-0.05, 0) is 38.4 Å². The van der Waals surface area contributed by atoms with E-state index < -0.39 is 6.04 Å². The summed E-state index contributed by atoms with van der Waals surface area (Å²) >= 11 is 0. The molecule has 1 atom stereocenters. The predicted molar refractivity (Wildman–Crippen MR) is 79.0 cm³/mol. The van der Waals surface area contributed by atoms with Crippen molar-refractivity contribution in [3.05, 3.63) is 34.9 Å². The van der Waals surface area contributed by atoms with E-state index in [1.54, 1.807) is 0 Å². The second-order valence-corrected chi connectivity index (χ2v) is 4.97. The summed E-state index contributed by atoms with van der Waals surface area (Å²) in [6, 6.07) is 5.25. The Balaban J connectivity index is 2.96. The van der Waals surface area contributed by atoms with Crippen LogP contribution in [0, 0.1) is 13.8 Å². The van der Waals surface area contributed by atoms with Crippen molar-refractivity contribution in [2.75, 3.05) is 13.7 Å². The van der Waals surface area contributed by atoms with E-state index in [0.717, 1.165) is 17.5 Å². The molecule has 0 aliphatic rings. The lowest BCUT2D eigenvalue weighted by Crippen LogP contribution is -2.39. The molecule has 0 radical (unpaired) electrons. The van der Waals surface area contributed by atoms with Crippen LogP contribution in [0.2, 0.25) is 0 Å². The van der Waals surface area contributed by atoms with Crippen molar-refractivity contribution in [1.29, 1.82) is 0 Å². The fourth-order valence-electron chi connectivity index (χ4n) is 2.02. The number of nitrogens with one attached hydrogen (secondary N) is 1. The van der Waals surface area contributed by atoms with E-state index in [1.165, 1.54) is 7.11 Å². The maximum Gasteiger partial charge on any atom is 0.307 e. The number of ketones is 1. The zero-order valence-corrected chi connectivity index (χ0v) is 12.7. The first-order chi connectivity index (χ1) is 9.49. The fourth-order valence-corrected chi connectivity index (χ4v) is 2.02. The number of benzene rings is 1. The number of carbonyl (C=O) groups is 2. The van der Waals surface area contributed by atoms with Gasteiger partial charge in [-0.1, -0.05) is 24.6 Å². The SMILES string of the molecule is CCCNC(CC(=O)OC)C(=O)c1cc(C)ccc1C. The standard InChI is InChI=1S/C16H23NO3/c1-5-8-17-14(10-15(18)20-4)16(19)13-9-11(2)6-7-12(13)3/h6-7,9,14,17H,5,8,10H2,1-4H3. The van der Waals surface area contributed by atoms with Crippen LogP contribution in [0.5, 0.6) is 0 Å². The van der Waals surface area contributed by atoms with Crippen molar-refractivity contribution in [3.63, 3.8) is 0 Å². The number of ether oxygens (including phenoxy) is 1. The number of methoxy groups -OCH3 is 1. The van der Waals surface area contributed by atoms with E-state index in [2.05, 4.69) is 10.1 Å². The number of hydrogen-bond acceptors (Lipinski definition) is 4. The third-order valence-electron chi connectivity index (χ3n) is 3.21. The summed E-state index contributed by atoms with van der Waals surface area (Å²) in [5, 5.41) is 3.13. The molecule has 1 rings (SSSR count). The van der Waals surface area contributed by atoms with E-state index in [0.29, 0.717) is 12.1 Å². The molecular weight excluding hydrogens is 254 g/mol. The third kappa shape index (κ3) is 4.46. The highest BCUT2D eigenvalue weighted by molar-refractivity contribution is 6.03. The molecular formula is C16H23NO3. The molecule has 0 amide bonds. The normalized spacial score (nSPS) is 12.0. The third-order valence-corrected chi connectivity index (χ3v) is 3.21. The Morgan fingerprint density at radius 2 is 2.00 bits per heavy atom. The monoisotopic (exact) mass is 277 g/mol. The highest BCUT2D eigenvalue weighted by Gasteiger charge is 2.24. The highest BCUT2D eigenvalue weighted by Crippen LogP contribution is 2.14. The molecule has 4 nitrogen and oxygen atoms in total. The van der Waals surface area contributed by atoms with E-state index in [-0.39, 0.29) is 18.2 Å². The fraction of sp³-hybridized carbons (Fsp3) is 0.500. The molecule has 0 bridgehead atoms. The van der Waals surface area contributed by atoms with Crippen LogP contribution < -0.4 is 5.32 Å². The molecule has 0 spiro atoms. The van der Waals surface area contributed by atoms with Crippen molar-refractivity contribution in [2.45, 2.75) is 39.7 Å². The average Bonchev–Trinajstić information content (AvgIpc) is 2.44. The molecule has 0 aromatic heterocycles. The van der Waals surface area contributed by atoms with Crippen LogP contribution in [0.1, 0.15) is 41.3 Å². The van der Waals surface area contributed by atoms with Crippen LogP contribution in [0.4, 0.5) is 0 Å². The molecule has 1 aromatic rings. The van der Waals surface area contributed by atoms with Crippen molar-refractivity contribution >= 4 is 11.8 Å². The quantitative estimate of drug-likeness (QED) is 0.614. The summed E-state index contributed by atoms with van der Waals surface area (Å²) in [5.74, 6) is -0.428. The smallest absolute Gasteiger partial charge is 0.307 e. The van der Waals surface area contributed by atoms with Gasteiger partial charge in [-0.3, -0.25) is 9.59 Å². The van der Waals surface area contributed by atoms with Gasteiger partial charge in [-0.15, -0.1) is 0 Å². The van der Waals surface area contributed by atoms with Gasteiger partial charge in [0.05, 0.1) is 19.6 Å². The molecule has 0 fully saturated rings. The summed E-state index contributed by atoms with van der Waals surface area (Å²) in [5.41, 5.74) is 2.63. The van der Waals surface area contributed by atoms with Gasteiger partial charge < -0.3 is 10.1 Å². The van der Waals surface area contributed by atoms with Gasteiger partial charge in [0.25, 0.3) is 0 Å². The van der Waals surface area contributed by atoms with Crippen molar-refractivity contribution in [3.8, 4) is 0 Å². The van der Waals surface area contributed by atoms with Gasteiger partial charge in [0.2, 0.25) is 0 Å². The van der Waals surface area contributed by atoms with Gasteiger partial charge in [-0.2, -0.15) is 0 Å². The van der Waals surface area contributed by atoms with Crippen LogP contribution in [0.25, 0.3) is 0 Å². The molecule has 20 heavy (non-hydrogen) atoms. The second-order valence-electron chi connectivity index (χ2n) is 4.97. The molecule has 0 saturated heterocycles. The summed E-state index contributed by atoms with van der Waals surface area (Å²) in [4.78, 5) is 24.1. The number of rotatable bonds is 7. The van der Waals surface area contributed by atoms with Crippen molar-refractivity contribution in [2.24, 2.45) is 0 Å². The molecule has 0 aliphatic carbocycles. The highest BCUT2D eigenvalue weighted by atomic mass is 16.5. The van der Waals surface area contributed by atoms with Crippen LogP contribution in [-0.4, -0.2) is 31.4 Å². The molecule has 1 N–H and O–H groups in total. The minimum Gasteiger partial charge on any atom is -0.469 e. The van der Waals surface area contributed by atoms with Crippen LogP contribution in [-0.2, 0) is 9.53 Å². The maximum absolute atomic E-state index is 12.6. The van der Waals surface area contributed by atoms with Gasteiger partial charge in [0.15, 0.2) is 5.78 Å². The van der Waals surface area contributed by atoms with Gasteiger partial charge >= 0.3 is 5.97 Å². The first-order valence-electron chi connectivity index (χ1n) is 6.91. The number of hydrogen-bond donors (Lipinski definition) is 1. The number of aryl methyl sites for hydroxylation is 2. The molecule has 0 saturated carbocycles. The zero-order valence-electron chi connectivity index (χ0n) is 12.7. The average molecular weight is 277 g/mol. The number of esters is 1. The number of carbonyl (C=O) groups excluding carboxylic acids is 2. The Bertz CT molecular complexity index is 483. The molecule has 0 heterocycles. The van der Waals surface area contributed by atoms with E-state index >= 15 is 0 Å². The molecule has 4 heteroatoms. The predicted octanol–water partition coefficient (Wildman–Crippen LogP) is 2.42. The van der Waals surface area contributed by atoms with Gasteiger partial charge in [-0.25, -0.2) is 0 Å². The van der Waals surface area contributed by atoms with Crippen LogP contribution >= 0.6 is 0 Å². The summed E-state index contributed by atoms with van der Waals surface area (Å²) in [6.45, 7) is 6.57. The van der Waals surface area contributed by atoms with Crippen molar-refractivity contribution in [1.82, 2.24) is 5.32 Å². The Kier molecular flexibility index (Phi) is 6.39. The lowest BCUT2D eigenvalue weighted by molar-refractivity contribution is -0.140. The zero-order chi connectivity index (χ0) is 15.1. The molecule has 1 aromatic carbocycles. The van der Waals surface area contributed by atoms with Crippen LogP contribution in [0.15, 0.2) is 18.2 Å². The Morgan fingerprint density at radius 1 is 1.30 bits per heavy atom. The van der Waals surface area contributed by atoms with Crippen LogP contribution in [0.3, 0.4) is 0 Å². The second kappa shape index (κ2) is 7.80. The number of Topliss-reactive ketones (excluding diaryl/α,β-unsaturated/α-hetero) is 1. The van der Waals surface area contributed by atoms with Crippen molar-refractivity contribution < 1.29 is 14.3 Å². The van der Waals surface area contributed by atoms with E-state index in [1.807, 2.05) is 39.0 Å². The summed E-state index contributed by atoms with van der Waals surface area (Å²) in [6.07, 6.45) is 0.959. The molecule has 0 aliphatic heterocycles. The molecule has 1 unspecified atom stereocenters. The maximum atomic E-state index is 12.6. The van der Waals surface area contributed by atoms with Gasteiger partial charge in [0, 0.05) is 5.56 Å². The Labute approximate surface area is 120 Å². The summed E-state index contributed by atoms with van der Waals surface area (Å²) in [7, 11) is 1.33. The minimum atomic E-state index is -0.525. The minimum absolute atomic E-state index is 0.0509. The first-order valence-corrected chi connectivity index (χ1v) is 6.91. The topological polar surface area (TPSA) is 55.4 Å². The Hall–Kier alpha value is -1.68. The molecule has 110 valence electrons. The Morgan fingerprint density at radius 3 is 2.60 bits per heavy atom. The first kappa shape index (κ1) is 16.4. The summed E-state index contributed by atoms with van der Waals surface area (Å²) < 4.78 is 4.67. The lowest BCUT2D eigenvalue weighted by Gasteiger charge is -2.17. The largest absolute Gasteiger partial charge is 0.469 e. The van der Waals surface area contributed by atoms with Gasteiger partial charge in [0.1, 0.15) is 0 Å². The van der Waals surface area contributed by atoms with E-state index in [4.69, 9.17) is 0 Å².